The molecule has 0 bridgehead atoms. The van der Waals surface area contributed by atoms with Gasteiger partial charge in [-0.1, -0.05) is 18.2 Å². The summed E-state index contributed by atoms with van der Waals surface area (Å²) in [5, 5.41) is 10.0. The van der Waals surface area contributed by atoms with Crippen LogP contribution in [-0.4, -0.2) is 21.6 Å². The third kappa shape index (κ3) is 3.51. The molecule has 2 amide bonds. The molecule has 1 aromatic carbocycles. The van der Waals surface area contributed by atoms with Gasteiger partial charge in [0.05, 0.1) is 18.5 Å². The van der Waals surface area contributed by atoms with Gasteiger partial charge in [-0.3, -0.25) is 9.59 Å². The third-order valence-corrected chi connectivity index (χ3v) is 4.15. The first-order valence-corrected chi connectivity index (χ1v) is 8.47. The lowest BCUT2D eigenvalue weighted by Crippen LogP contribution is -2.23. The molecule has 7 heteroatoms. The van der Waals surface area contributed by atoms with Crippen molar-refractivity contribution >= 4 is 17.6 Å². The highest BCUT2D eigenvalue weighted by atomic mass is 16.3. The lowest BCUT2D eigenvalue weighted by molar-refractivity contribution is -0.117. The summed E-state index contributed by atoms with van der Waals surface area (Å²) in [4.78, 5) is 24.6. The highest BCUT2D eigenvalue weighted by Crippen LogP contribution is 2.30. The Morgan fingerprint density at radius 1 is 1.15 bits per heavy atom. The summed E-state index contributed by atoms with van der Waals surface area (Å²) < 4.78 is 6.78. The number of benzene rings is 1. The molecule has 0 radical (unpaired) electrons. The second kappa shape index (κ2) is 6.87. The second-order valence-corrected chi connectivity index (χ2v) is 6.19. The van der Waals surface area contributed by atoms with Crippen LogP contribution < -0.4 is 10.6 Å². The van der Waals surface area contributed by atoms with Crippen molar-refractivity contribution in [1.29, 1.82) is 0 Å². The Kier molecular flexibility index (Phi) is 4.27. The van der Waals surface area contributed by atoms with Crippen molar-refractivity contribution in [2.75, 3.05) is 5.32 Å². The molecular weight excluding hydrogens is 332 g/mol. The van der Waals surface area contributed by atoms with Crippen molar-refractivity contribution in [3.63, 3.8) is 0 Å². The quantitative estimate of drug-likeness (QED) is 0.715. The summed E-state index contributed by atoms with van der Waals surface area (Å²) in [7, 11) is 0. The van der Waals surface area contributed by atoms with E-state index in [0.29, 0.717) is 11.6 Å². The predicted molar refractivity (Wildman–Crippen MR) is 94.8 cm³/mol. The monoisotopic (exact) mass is 350 g/mol. The molecular formula is C19H18N4O3. The van der Waals surface area contributed by atoms with Gasteiger partial charge in [-0.15, -0.1) is 0 Å². The van der Waals surface area contributed by atoms with E-state index in [1.54, 1.807) is 29.1 Å². The lowest BCUT2D eigenvalue weighted by Gasteiger charge is -2.08. The number of carbonyl (C=O) groups excluding carboxylic acids is 2. The molecule has 1 fully saturated rings. The molecule has 1 saturated carbocycles. The van der Waals surface area contributed by atoms with Crippen LogP contribution in [0, 0.1) is 5.92 Å². The maximum atomic E-state index is 12.4. The first-order valence-electron chi connectivity index (χ1n) is 8.47. The van der Waals surface area contributed by atoms with Gasteiger partial charge >= 0.3 is 0 Å². The summed E-state index contributed by atoms with van der Waals surface area (Å²) in [5.41, 5.74) is 0.996. The highest BCUT2D eigenvalue weighted by Gasteiger charge is 2.30. The van der Waals surface area contributed by atoms with Crippen molar-refractivity contribution < 1.29 is 14.0 Å². The van der Waals surface area contributed by atoms with Crippen LogP contribution in [0.25, 0.3) is 5.69 Å². The van der Waals surface area contributed by atoms with E-state index in [1.165, 1.54) is 0 Å². The maximum Gasteiger partial charge on any atom is 0.272 e. The first-order chi connectivity index (χ1) is 12.7. The Bertz CT molecular complexity index is 912. The van der Waals surface area contributed by atoms with Crippen LogP contribution in [0.3, 0.4) is 0 Å². The molecule has 26 heavy (non-hydrogen) atoms. The number of nitrogens with one attached hydrogen (secondary N) is 2. The number of hydrogen-bond donors (Lipinski definition) is 2. The molecule has 1 aliphatic carbocycles. The van der Waals surface area contributed by atoms with E-state index in [1.807, 2.05) is 30.3 Å². The first kappa shape index (κ1) is 16.1. The van der Waals surface area contributed by atoms with E-state index < -0.39 is 0 Å². The van der Waals surface area contributed by atoms with Crippen molar-refractivity contribution in [3.8, 4) is 5.69 Å². The topological polar surface area (TPSA) is 89.2 Å². The molecule has 4 rings (SSSR count). The molecule has 0 saturated heterocycles. The number of nitrogens with zero attached hydrogens (tertiary/aromatic N) is 2. The van der Waals surface area contributed by atoms with E-state index >= 15 is 0 Å². The van der Waals surface area contributed by atoms with E-state index in [-0.39, 0.29) is 30.0 Å². The van der Waals surface area contributed by atoms with Gasteiger partial charge in [-0.05, 0) is 37.1 Å². The number of aromatic nitrogens is 2. The highest BCUT2D eigenvalue weighted by molar-refractivity contribution is 5.97. The molecule has 1 aliphatic rings. The van der Waals surface area contributed by atoms with Crippen LogP contribution in [0.4, 0.5) is 5.82 Å². The number of furan rings is 1. The second-order valence-electron chi connectivity index (χ2n) is 6.19. The minimum absolute atomic E-state index is 0.0374. The van der Waals surface area contributed by atoms with E-state index in [4.69, 9.17) is 4.42 Å². The Labute approximate surface area is 150 Å². The summed E-state index contributed by atoms with van der Waals surface area (Å²) in [6.45, 7) is 0.272. The molecule has 132 valence electrons. The molecule has 7 nitrogen and oxygen atoms in total. The molecule has 2 N–H and O–H groups in total. The van der Waals surface area contributed by atoms with Crippen LogP contribution in [0.5, 0.6) is 0 Å². The standard InChI is InChI=1S/C19H18N4O3/c24-18(13-8-9-13)21-17-11-16(19(25)20-12-15-7-4-10-26-15)22-23(17)14-5-2-1-3-6-14/h1-7,10-11,13H,8-9,12H2,(H,20,25)(H,21,24). The van der Waals surface area contributed by atoms with Crippen molar-refractivity contribution in [2.24, 2.45) is 5.92 Å². The van der Waals surface area contributed by atoms with Crippen LogP contribution in [0.2, 0.25) is 0 Å². The fourth-order valence-electron chi connectivity index (χ4n) is 2.59. The normalized spacial score (nSPS) is 13.4. The van der Waals surface area contributed by atoms with Crippen molar-refractivity contribution in [2.45, 2.75) is 19.4 Å². The number of hydrogen-bond acceptors (Lipinski definition) is 4. The number of carbonyl (C=O) groups is 2. The van der Waals surface area contributed by atoms with Gasteiger partial charge in [0.25, 0.3) is 5.91 Å². The van der Waals surface area contributed by atoms with Crippen LogP contribution in [0.15, 0.2) is 59.2 Å². The number of amides is 2. The molecule has 0 aliphatic heterocycles. The van der Waals surface area contributed by atoms with Crippen molar-refractivity contribution in [3.05, 3.63) is 66.2 Å². The molecule has 0 atom stereocenters. The van der Waals surface area contributed by atoms with E-state index in [0.717, 1.165) is 18.5 Å². The van der Waals surface area contributed by atoms with Crippen LogP contribution in [-0.2, 0) is 11.3 Å². The number of para-hydroxylation sites is 1. The fraction of sp³-hybridized carbons (Fsp3) is 0.211. The Balaban J connectivity index is 1.57. The molecule has 0 unspecified atom stereocenters. The van der Waals surface area contributed by atoms with Gasteiger partial charge in [0.2, 0.25) is 5.91 Å². The smallest absolute Gasteiger partial charge is 0.272 e. The van der Waals surface area contributed by atoms with Gasteiger partial charge < -0.3 is 15.1 Å². The fourth-order valence-corrected chi connectivity index (χ4v) is 2.59. The Morgan fingerprint density at radius 3 is 2.65 bits per heavy atom. The van der Waals surface area contributed by atoms with Gasteiger partial charge in [0.1, 0.15) is 11.6 Å². The molecule has 2 heterocycles. The zero-order valence-electron chi connectivity index (χ0n) is 14.0. The Morgan fingerprint density at radius 2 is 1.96 bits per heavy atom. The predicted octanol–water partition coefficient (Wildman–Crippen LogP) is 2.74. The average Bonchev–Trinajstić information content (AvgIpc) is 3.23. The third-order valence-electron chi connectivity index (χ3n) is 4.15. The minimum Gasteiger partial charge on any atom is -0.467 e. The maximum absolute atomic E-state index is 12.4. The largest absolute Gasteiger partial charge is 0.467 e. The van der Waals surface area contributed by atoms with E-state index in [2.05, 4.69) is 15.7 Å². The molecule has 0 spiro atoms. The zero-order chi connectivity index (χ0) is 17.9. The Hall–Kier alpha value is -3.35. The average molecular weight is 350 g/mol. The van der Waals surface area contributed by atoms with E-state index in [9.17, 15) is 9.59 Å². The van der Waals surface area contributed by atoms with Gasteiger partial charge in [0.15, 0.2) is 5.69 Å². The summed E-state index contributed by atoms with van der Waals surface area (Å²) >= 11 is 0. The SMILES string of the molecule is O=C(NCc1ccco1)c1cc(NC(=O)C2CC2)n(-c2ccccc2)n1. The van der Waals surface area contributed by atoms with Gasteiger partial charge in [-0.2, -0.15) is 5.10 Å². The van der Waals surface area contributed by atoms with Crippen LogP contribution in [0.1, 0.15) is 29.1 Å². The lowest BCUT2D eigenvalue weighted by atomic mass is 10.3. The number of anilines is 1. The molecule has 3 aromatic rings. The van der Waals surface area contributed by atoms with Crippen LogP contribution >= 0.6 is 0 Å². The zero-order valence-corrected chi connectivity index (χ0v) is 14.0. The number of rotatable bonds is 6. The molecule has 2 aromatic heterocycles. The summed E-state index contributed by atoms with van der Waals surface area (Å²) in [6, 6.07) is 14.5. The summed E-state index contributed by atoms with van der Waals surface area (Å²) in [5.74, 6) is 0.826. The van der Waals surface area contributed by atoms with Gasteiger partial charge in [-0.25, -0.2) is 4.68 Å². The van der Waals surface area contributed by atoms with Gasteiger partial charge in [0, 0.05) is 12.0 Å². The minimum atomic E-state index is -0.335. The van der Waals surface area contributed by atoms with Crippen molar-refractivity contribution in [1.82, 2.24) is 15.1 Å². The summed E-state index contributed by atoms with van der Waals surface area (Å²) in [6.07, 6.45) is 3.36.